The number of ether oxygens (including phenoxy) is 1. The fraction of sp³-hybridized carbons (Fsp3) is 0.231. The number of hydrogen-bond donors (Lipinski definition) is 0. The normalized spacial score (nSPS) is 22.2. The highest BCUT2D eigenvalue weighted by atomic mass is 16.6. The first-order valence-electron chi connectivity index (χ1n) is 15.2. The zero-order valence-corrected chi connectivity index (χ0v) is 25.1. The van der Waals surface area contributed by atoms with Crippen molar-refractivity contribution in [2.24, 2.45) is 0 Å². The van der Waals surface area contributed by atoms with Crippen molar-refractivity contribution in [2.45, 2.75) is 57.3 Å². The monoisotopic (exact) mass is 561 g/mol. The van der Waals surface area contributed by atoms with E-state index >= 15 is 0 Å². The Labute approximate surface area is 251 Å². The number of nitrogens with zero attached hydrogens (tertiary/aromatic N) is 2. The van der Waals surface area contributed by atoms with Gasteiger partial charge in [0.05, 0.1) is 11.7 Å². The summed E-state index contributed by atoms with van der Waals surface area (Å²) in [4.78, 5) is 16.3. The van der Waals surface area contributed by atoms with Crippen LogP contribution in [-0.4, -0.2) is 5.97 Å². The molecule has 43 heavy (non-hydrogen) atoms. The Morgan fingerprint density at radius 3 is 2.28 bits per heavy atom. The second kappa shape index (κ2) is 7.82. The van der Waals surface area contributed by atoms with Crippen LogP contribution in [0.4, 0.5) is 5.69 Å². The van der Waals surface area contributed by atoms with Gasteiger partial charge in [-0.25, -0.2) is 4.79 Å². The fourth-order valence-corrected chi connectivity index (χ4v) is 8.57. The van der Waals surface area contributed by atoms with Crippen LogP contribution >= 0.6 is 0 Å². The van der Waals surface area contributed by atoms with Gasteiger partial charge in [0.2, 0.25) is 0 Å². The molecule has 0 saturated heterocycles. The van der Waals surface area contributed by atoms with Crippen molar-refractivity contribution in [2.75, 3.05) is 4.90 Å². The van der Waals surface area contributed by atoms with Gasteiger partial charge in [-0.3, -0.25) is 4.90 Å². The Kier molecular flexibility index (Phi) is 4.52. The quantitative estimate of drug-likeness (QED) is 0.142. The summed E-state index contributed by atoms with van der Waals surface area (Å²) < 4.78 is 8.87. The molecule has 4 nitrogen and oxygen atoms in total. The smallest absolute Gasteiger partial charge is 0.369 e. The lowest BCUT2D eigenvalue weighted by atomic mass is 9.73. The van der Waals surface area contributed by atoms with Gasteiger partial charge in [0.25, 0.3) is 5.69 Å². The highest BCUT2D eigenvalue weighted by Gasteiger charge is 2.70. The van der Waals surface area contributed by atoms with Gasteiger partial charge in [-0.1, -0.05) is 107 Å². The lowest BCUT2D eigenvalue weighted by molar-refractivity contribution is -0.776. The van der Waals surface area contributed by atoms with E-state index in [1.54, 1.807) is 0 Å². The zero-order chi connectivity index (χ0) is 29.5. The maximum atomic E-state index is 13.8. The highest BCUT2D eigenvalue weighted by Crippen LogP contribution is 2.65. The maximum Gasteiger partial charge on any atom is 0.433 e. The molecule has 2 unspecified atom stereocenters. The topological polar surface area (TPSA) is 33.4 Å². The van der Waals surface area contributed by atoms with E-state index in [9.17, 15) is 4.79 Å². The molecule has 1 aromatic heterocycles. The van der Waals surface area contributed by atoms with Crippen LogP contribution in [0.2, 0.25) is 0 Å². The van der Waals surface area contributed by atoms with E-state index in [0.717, 1.165) is 16.6 Å². The largest absolute Gasteiger partial charge is 0.433 e. The summed E-state index contributed by atoms with van der Waals surface area (Å²) >= 11 is 0. The number of esters is 1. The van der Waals surface area contributed by atoms with Crippen LogP contribution in [-0.2, 0) is 21.4 Å². The molecule has 0 fully saturated rings. The third-order valence-electron chi connectivity index (χ3n) is 10.2. The molecule has 4 heterocycles. The van der Waals surface area contributed by atoms with Gasteiger partial charge in [0, 0.05) is 23.1 Å². The molecule has 2 atom stereocenters. The molecule has 0 saturated carbocycles. The van der Waals surface area contributed by atoms with Gasteiger partial charge in [-0.15, -0.1) is 4.57 Å². The van der Waals surface area contributed by atoms with Crippen molar-refractivity contribution in [3.05, 3.63) is 148 Å². The number of para-hydroxylation sites is 1. The molecule has 4 aromatic carbocycles. The minimum atomic E-state index is -1.18. The molecule has 0 amide bonds. The van der Waals surface area contributed by atoms with E-state index in [1.165, 1.54) is 44.3 Å². The second-order valence-corrected chi connectivity index (χ2v) is 13.9. The van der Waals surface area contributed by atoms with Crippen molar-refractivity contribution in [1.29, 1.82) is 0 Å². The summed E-state index contributed by atoms with van der Waals surface area (Å²) in [6, 6.07) is 34.3. The molecular weight excluding hydrogens is 528 g/mol. The molecule has 3 aliphatic heterocycles. The van der Waals surface area contributed by atoms with Gasteiger partial charge >= 0.3 is 11.8 Å². The number of fused-ring (bicyclic) bond motifs is 15. The van der Waals surface area contributed by atoms with Crippen molar-refractivity contribution in [1.82, 2.24) is 0 Å². The minimum absolute atomic E-state index is 0.0927. The number of rotatable bonds is 0. The number of carbonyl (C=O) groups is 1. The van der Waals surface area contributed by atoms with E-state index in [0.29, 0.717) is 5.69 Å². The third kappa shape index (κ3) is 2.82. The average Bonchev–Trinajstić information content (AvgIpc) is 3.56. The average molecular weight is 562 g/mol. The molecule has 0 radical (unpaired) electrons. The Bertz CT molecular complexity index is 2110. The van der Waals surface area contributed by atoms with Gasteiger partial charge < -0.3 is 4.74 Å². The molecule has 9 rings (SSSR count). The first kappa shape index (κ1) is 24.9. The Morgan fingerprint density at radius 1 is 0.814 bits per heavy atom. The first-order chi connectivity index (χ1) is 20.7. The Morgan fingerprint density at radius 2 is 1.49 bits per heavy atom. The van der Waals surface area contributed by atoms with Crippen LogP contribution in [0.25, 0.3) is 16.3 Å². The first-order valence-corrected chi connectivity index (χ1v) is 15.2. The number of benzene rings is 4. The van der Waals surface area contributed by atoms with Crippen LogP contribution in [0, 0.1) is 0 Å². The Balaban J connectivity index is 1.51. The van der Waals surface area contributed by atoms with Crippen LogP contribution in [0.1, 0.15) is 84.5 Å². The fourth-order valence-electron chi connectivity index (χ4n) is 8.57. The minimum Gasteiger partial charge on any atom is -0.369 e. The number of pyridine rings is 1. The molecule has 0 bridgehead atoms. The number of aromatic nitrogens is 1. The third-order valence-corrected chi connectivity index (χ3v) is 10.2. The van der Waals surface area contributed by atoms with Crippen molar-refractivity contribution < 1.29 is 14.1 Å². The van der Waals surface area contributed by atoms with Crippen LogP contribution in [0.15, 0.2) is 109 Å². The standard InChI is InChI=1S/C39H33N2O2/c1-37(2,3)29-22-27-33(24-15-7-6-14-23(24)29)39(40-21-13-12-20-31(40)36(42)43-39)41-30-19-11-9-17-26(30)32-25-16-8-10-18-28(25)38(4,5)34(32)35(27)41/h6-22,35H,1-5H3/q+1. The molecule has 4 aliphatic rings. The van der Waals surface area contributed by atoms with Crippen molar-refractivity contribution >= 4 is 28.0 Å². The molecule has 4 heteroatoms. The predicted octanol–water partition coefficient (Wildman–Crippen LogP) is 7.92. The lowest BCUT2D eigenvalue weighted by Crippen LogP contribution is -2.64. The number of anilines is 1. The number of carbonyl (C=O) groups excluding carboxylic acids is 1. The van der Waals surface area contributed by atoms with E-state index in [4.69, 9.17) is 4.74 Å². The summed E-state index contributed by atoms with van der Waals surface area (Å²) in [5.74, 6) is -1.48. The van der Waals surface area contributed by atoms with Crippen LogP contribution in [0.3, 0.4) is 0 Å². The van der Waals surface area contributed by atoms with Gasteiger partial charge in [-0.2, -0.15) is 0 Å². The molecule has 1 spiro atoms. The summed E-state index contributed by atoms with van der Waals surface area (Å²) in [7, 11) is 0. The van der Waals surface area contributed by atoms with Gasteiger partial charge in [0.1, 0.15) is 5.56 Å². The van der Waals surface area contributed by atoms with E-state index < -0.39 is 5.85 Å². The van der Waals surface area contributed by atoms with Crippen LogP contribution in [0.5, 0.6) is 0 Å². The zero-order valence-electron chi connectivity index (χ0n) is 25.1. The summed E-state index contributed by atoms with van der Waals surface area (Å²) in [6.45, 7) is 11.6. The van der Waals surface area contributed by atoms with Crippen molar-refractivity contribution in [3.8, 4) is 0 Å². The summed E-state index contributed by atoms with van der Waals surface area (Å²) in [5, 5.41) is 2.33. The van der Waals surface area contributed by atoms with E-state index in [-0.39, 0.29) is 22.8 Å². The summed E-state index contributed by atoms with van der Waals surface area (Å²) in [5.41, 5.74) is 11.4. The van der Waals surface area contributed by atoms with Gasteiger partial charge in [0.15, 0.2) is 6.20 Å². The molecular formula is C39H33N2O2+. The Hall–Kier alpha value is -4.70. The molecule has 0 N–H and O–H groups in total. The maximum absolute atomic E-state index is 13.8. The number of hydrogen-bond acceptors (Lipinski definition) is 3. The SMILES string of the molecule is CC(C)(C)c1cc2c(c3ccccc13)C1(OC(=O)c3cccc[n+]31)N1c3ccccc3C3=C(C21)C(C)(C)c1ccccc13. The van der Waals surface area contributed by atoms with Crippen LogP contribution < -0.4 is 9.47 Å². The molecule has 210 valence electrons. The van der Waals surface area contributed by atoms with Gasteiger partial charge in [-0.05, 0) is 61.7 Å². The van der Waals surface area contributed by atoms with E-state index in [1.807, 2.05) is 24.4 Å². The molecule has 5 aromatic rings. The summed E-state index contributed by atoms with van der Waals surface area (Å²) in [6.07, 6.45) is 2.01. The van der Waals surface area contributed by atoms with E-state index in [2.05, 4.69) is 123 Å². The van der Waals surface area contributed by atoms with Crippen molar-refractivity contribution in [3.63, 3.8) is 0 Å². The molecule has 1 aliphatic carbocycles. The predicted molar refractivity (Wildman–Crippen MR) is 169 cm³/mol. The second-order valence-electron chi connectivity index (χ2n) is 13.9. The lowest BCUT2D eigenvalue weighted by Gasteiger charge is -2.42. The highest BCUT2D eigenvalue weighted by molar-refractivity contribution is 6.01.